The molecule has 1 aliphatic heterocycles. The van der Waals surface area contributed by atoms with Crippen molar-refractivity contribution in [3.8, 4) is 11.5 Å². The van der Waals surface area contributed by atoms with Gasteiger partial charge in [-0.1, -0.05) is 56.1 Å². The van der Waals surface area contributed by atoms with Gasteiger partial charge >= 0.3 is 0 Å². The summed E-state index contributed by atoms with van der Waals surface area (Å²) in [5.41, 5.74) is 2.13. The SMILES string of the molecule is Cc1ccc(S(=O)(=O)N2C[C@H](C(=O)NCCOc3ccc(Cl)cc3)Oc3ccc(C(C)(C)C)cc32)cc1. The van der Waals surface area contributed by atoms with Crippen molar-refractivity contribution >= 4 is 33.2 Å². The Balaban J connectivity index is 1.55. The number of ether oxygens (including phenoxy) is 2. The quantitative estimate of drug-likeness (QED) is 0.420. The van der Waals surface area contributed by atoms with Gasteiger partial charge in [0.1, 0.15) is 18.1 Å². The molecule has 1 amide bonds. The molecule has 0 unspecified atom stereocenters. The standard InChI is InChI=1S/C28H31ClN2O5S/c1-19-5-12-23(13-6-19)37(33,34)31-18-26(36-25-14-7-20(17-24(25)31)28(2,3)4)27(32)30-15-16-35-22-10-8-21(29)9-11-22/h5-14,17,26H,15-16,18H2,1-4H3,(H,30,32)/t26-/m1/s1. The Morgan fingerprint density at radius 1 is 1.08 bits per heavy atom. The largest absolute Gasteiger partial charge is 0.492 e. The first-order valence-corrected chi connectivity index (χ1v) is 13.8. The van der Waals surface area contributed by atoms with E-state index in [9.17, 15) is 13.2 Å². The van der Waals surface area contributed by atoms with E-state index < -0.39 is 22.0 Å². The smallest absolute Gasteiger partial charge is 0.264 e. The van der Waals surface area contributed by atoms with Crippen molar-refractivity contribution in [2.75, 3.05) is 24.0 Å². The second-order valence-electron chi connectivity index (χ2n) is 9.98. The summed E-state index contributed by atoms with van der Waals surface area (Å²) in [5.74, 6) is 0.549. The van der Waals surface area contributed by atoms with Crippen molar-refractivity contribution in [3.05, 3.63) is 82.9 Å². The van der Waals surface area contributed by atoms with Crippen molar-refractivity contribution < 1.29 is 22.7 Å². The molecule has 0 aliphatic carbocycles. The van der Waals surface area contributed by atoms with Crippen molar-refractivity contribution in [1.29, 1.82) is 0 Å². The average molecular weight is 543 g/mol. The van der Waals surface area contributed by atoms with E-state index in [2.05, 4.69) is 26.1 Å². The summed E-state index contributed by atoms with van der Waals surface area (Å²) in [4.78, 5) is 13.2. The maximum atomic E-state index is 13.7. The van der Waals surface area contributed by atoms with Crippen LogP contribution in [-0.2, 0) is 20.2 Å². The Morgan fingerprint density at radius 3 is 2.41 bits per heavy atom. The van der Waals surface area contributed by atoms with E-state index in [0.29, 0.717) is 22.2 Å². The molecule has 0 saturated heterocycles. The van der Waals surface area contributed by atoms with Crippen LogP contribution in [0.25, 0.3) is 0 Å². The first-order chi connectivity index (χ1) is 17.4. The molecule has 0 bridgehead atoms. The maximum Gasteiger partial charge on any atom is 0.264 e. The van der Waals surface area contributed by atoms with E-state index in [1.807, 2.05) is 19.1 Å². The van der Waals surface area contributed by atoms with E-state index in [-0.39, 0.29) is 30.0 Å². The highest BCUT2D eigenvalue weighted by Crippen LogP contribution is 2.40. The minimum absolute atomic E-state index is 0.152. The van der Waals surface area contributed by atoms with Crippen LogP contribution in [0.1, 0.15) is 31.9 Å². The Kier molecular flexibility index (Phi) is 7.71. The number of carbonyl (C=O) groups excluding carboxylic acids is 1. The van der Waals surface area contributed by atoms with Gasteiger partial charge in [-0.05, 0) is 66.4 Å². The van der Waals surface area contributed by atoms with Crippen LogP contribution in [0.15, 0.2) is 71.6 Å². The topological polar surface area (TPSA) is 84.9 Å². The van der Waals surface area contributed by atoms with Gasteiger partial charge in [0.05, 0.1) is 23.7 Å². The minimum Gasteiger partial charge on any atom is -0.492 e. The van der Waals surface area contributed by atoms with E-state index in [0.717, 1.165) is 11.1 Å². The van der Waals surface area contributed by atoms with Crippen molar-refractivity contribution in [2.24, 2.45) is 0 Å². The molecule has 1 heterocycles. The molecule has 1 atom stereocenters. The summed E-state index contributed by atoms with van der Waals surface area (Å²) < 4.78 is 40.4. The molecule has 0 saturated carbocycles. The number of nitrogens with one attached hydrogen (secondary N) is 1. The molecule has 0 fully saturated rings. The van der Waals surface area contributed by atoms with Crippen LogP contribution in [0.2, 0.25) is 5.02 Å². The number of rotatable bonds is 7. The zero-order valence-electron chi connectivity index (χ0n) is 21.3. The highest BCUT2D eigenvalue weighted by molar-refractivity contribution is 7.92. The number of anilines is 1. The number of amides is 1. The van der Waals surface area contributed by atoms with Crippen LogP contribution < -0.4 is 19.1 Å². The number of aryl methyl sites for hydroxylation is 1. The molecule has 3 aromatic rings. The zero-order valence-corrected chi connectivity index (χ0v) is 22.9. The van der Waals surface area contributed by atoms with Gasteiger partial charge < -0.3 is 14.8 Å². The van der Waals surface area contributed by atoms with Crippen molar-refractivity contribution in [2.45, 2.75) is 44.1 Å². The normalized spacial score (nSPS) is 15.5. The predicted molar refractivity (Wildman–Crippen MR) is 145 cm³/mol. The van der Waals surface area contributed by atoms with E-state index in [1.165, 1.54) is 4.31 Å². The molecule has 0 spiro atoms. The van der Waals surface area contributed by atoms with Crippen LogP contribution in [0.5, 0.6) is 11.5 Å². The molecule has 1 aliphatic rings. The summed E-state index contributed by atoms with van der Waals surface area (Å²) in [6.45, 7) is 8.37. The van der Waals surface area contributed by atoms with Gasteiger partial charge in [0.25, 0.3) is 15.9 Å². The summed E-state index contributed by atoms with van der Waals surface area (Å²) in [7, 11) is -3.95. The van der Waals surface area contributed by atoms with Crippen LogP contribution in [0.3, 0.4) is 0 Å². The van der Waals surface area contributed by atoms with E-state index >= 15 is 0 Å². The highest BCUT2D eigenvalue weighted by atomic mass is 35.5. The summed E-state index contributed by atoms with van der Waals surface area (Å²) in [5, 5.41) is 3.39. The number of hydrogen-bond donors (Lipinski definition) is 1. The Hall–Kier alpha value is -3.23. The first-order valence-electron chi connectivity index (χ1n) is 12.0. The lowest BCUT2D eigenvalue weighted by Gasteiger charge is -2.36. The van der Waals surface area contributed by atoms with Crippen LogP contribution in [-0.4, -0.2) is 40.1 Å². The molecule has 3 aromatic carbocycles. The Bertz CT molecular complexity index is 1370. The summed E-state index contributed by atoms with van der Waals surface area (Å²) in [6.07, 6.45) is -1.02. The van der Waals surface area contributed by atoms with Gasteiger partial charge in [0, 0.05) is 5.02 Å². The third kappa shape index (κ3) is 6.19. The summed E-state index contributed by atoms with van der Waals surface area (Å²) in [6, 6.07) is 19.0. The molecular formula is C28H31ClN2O5S. The molecule has 196 valence electrons. The summed E-state index contributed by atoms with van der Waals surface area (Å²) >= 11 is 5.88. The number of sulfonamides is 1. The van der Waals surface area contributed by atoms with Crippen LogP contribution in [0, 0.1) is 6.92 Å². The lowest BCUT2D eigenvalue weighted by Crippen LogP contribution is -2.51. The van der Waals surface area contributed by atoms with Gasteiger partial charge in [-0.3, -0.25) is 9.10 Å². The fourth-order valence-electron chi connectivity index (χ4n) is 3.91. The van der Waals surface area contributed by atoms with Gasteiger partial charge in [0.2, 0.25) is 0 Å². The van der Waals surface area contributed by atoms with Gasteiger partial charge in [0.15, 0.2) is 6.10 Å². The Labute approximate surface area is 223 Å². The second kappa shape index (κ2) is 10.6. The monoisotopic (exact) mass is 542 g/mol. The fraction of sp³-hybridized carbons (Fsp3) is 0.321. The van der Waals surface area contributed by atoms with Crippen LogP contribution >= 0.6 is 11.6 Å². The van der Waals surface area contributed by atoms with Crippen LogP contribution in [0.4, 0.5) is 5.69 Å². The average Bonchev–Trinajstić information content (AvgIpc) is 2.86. The second-order valence-corrected chi connectivity index (χ2v) is 12.3. The number of fused-ring (bicyclic) bond motifs is 1. The lowest BCUT2D eigenvalue weighted by molar-refractivity contribution is -0.127. The molecule has 4 rings (SSSR count). The Morgan fingerprint density at radius 2 is 1.76 bits per heavy atom. The van der Waals surface area contributed by atoms with Gasteiger partial charge in [-0.15, -0.1) is 0 Å². The molecule has 9 heteroatoms. The molecule has 0 radical (unpaired) electrons. The van der Waals surface area contributed by atoms with Gasteiger partial charge in [-0.25, -0.2) is 8.42 Å². The molecule has 0 aromatic heterocycles. The minimum atomic E-state index is -3.95. The number of nitrogens with zero attached hydrogens (tertiary/aromatic N) is 1. The van der Waals surface area contributed by atoms with E-state index in [4.69, 9.17) is 21.1 Å². The van der Waals surface area contributed by atoms with Crippen molar-refractivity contribution in [3.63, 3.8) is 0 Å². The molecule has 37 heavy (non-hydrogen) atoms. The lowest BCUT2D eigenvalue weighted by atomic mass is 9.86. The number of halogens is 1. The number of carbonyl (C=O) groups is 1. The molecular weight excluding hydrogens is 512 g/mol. The predicted octanol–water partition coefficient (Wildman–Crippen LogP) is 5.10. The highest BCUT2D eigenvalue weighted by Gasteiger charge is 2.38. The number of hydrogen-bond acceptors (Lipinski definition) is 5. The first kappa shape index (κ1) is 26.8. The molecule has 1 N–H and O–H groups in total. The van der Waals surface area contributed by atoms with E-state index in [1.54, 1.807) is 54.6 Å². The molecule has 7 nitrogen and oxygen atoms in total. The fourth-order valence-corrected chi connectivity index (χ4v) is 5.50. The number of benzene rings is 3. The van der Waals surface area contributed by atoms with Crippen molar-refractivity contribution in [1.82, 2.24) is 5.32 Å². The van der Waals surface area contributed by atoms with Gasteiger partial charge in [-0.2, -0.15) is 0 Å². The third-order valence-corrected chi connectivity index (χ3v) is 8.13. The maximum absolute atomic E-state index is 13.7. The third-order valence-electron chi connectivity index (χ3n) is 6.08. The zero-order chi connectivity index (χ0) is 26.8.